The average Bonchev–Trinajstić information content (AvgIpc) is 2.99. The lowest BCUT2D eigenvalue weighted by molar-refractivity contribution is 0.0594. The molecule has 1 spiro atoms. The van der Waals surface area contributed by atoms with Gasteiger partial charge in [0.25, 0.3) is 0 Å². The van der Waals surface area contributed by atoms with Crippen molar-refractivity contribution in [3.8, 4) is 0 Å². The first-order chi connectivity index (χ1) is 11.0. The Labute approximate surface area is 136 Å². The van der Waals surface area contributed by atoms with Crippen molar-refractivity contribution in [2.75, 3.05) is 20.2 Å². The predicted molar refractivity (Wildman–Crippen MR) is 84.5 cm³/mol. The van der Waals surface area contributed by atoms with Crippen molar-refractivity contribution < 1.29 is 17.9 Å². The first-order valence-electron chi connectivity index (χ1n) is 8.01. The van der Waals surface area contributed by atoms with E-state index in [9.17, 15) is 13.2 Å². The number of aromatic nitrogens is 1. The Morgan fingerprint density at radius 2 is 1.96 bits per heavy atom. The molecule has 3 rings (SSSR count). The smallest absolute Gasteiger partial charge is 0.356 e. The SMILES string of the molecule is COC(=O)c1ccc(S(=O)(=O)N2CCC3(CCCCC3)C2)cn1. The van der Waals surface area contributed by atoms with Gasteiger partial charge in [0, 0.05) is 19.3 Å². The quantitative estimate of drug-likeness (QED) is 0.790. The second-order valence-corrected chi connectivity index (χ2v) is 8.46. The number of ether oxygens (including phenoxy) is 1. The van der Waals surface area contributed by atoms with Gasteiger partial charge in [-0.2, -0.15) is 4.31 Å². The minimum absolute atomic E-state index is 0.108. The number of carbonyl (C=O) groups is 1. The summed E-state index contributed by atoms with van der Waals surface area (Å²) in [4.78, 5) is 15.4. The van der Waals surface area contributed by atoms with Crippen molar-refractivity contribution >= 4 is 16.0 Å². The van der Waals surface area contributed by atoms with E-state index in [0.29, 0.717) is 13.1 Å². The molecule has 7 heteroatoms. The zero-order valence-corrected chi connectivity index (χ0v) is 14.1. The molecule has 0 radical (unpaired) electrons. The molecule has 1 saturated heterocycles. The summed E-state index contributed by atoms with van der Waals surface area (Å²) in [5.74, 6) is -0.573. The van der Waals surface area contributed by atoms with Gasteiger partial charge in [-0.3, -0.25) is 0 Å². The molecule has 23 heavy (non-hydrogen) atoms. The highest BCUT2D eigenvalue weighted by atomic mass is 32.2. The number of sulfonamides is 1. The minimum Gasteiger partial charge on any atom is -0.464 e. The number of methoxy groups -OCH3 is 1. The van der Waals surface area contributed by atoms with Gasteiger partial charge in [-0.05, 0) is 36.8 Å². The van der Waals surface area contributed by atoms with Crippen LogP contribution in [0.5, 0.6) is 0 Å². The Kier molecular flexibility index (Phi) is 4.42. The van der Waals surface area contributed by atoms with Crippen molar-refractivity contribution in [1.29, 1.82) is 0 Å². The lowest BCUT2D eigenvalue weighted by Gasteiger charge is -2.33. The summed E-state index contributed by atoms with van der Waals surface area (Å²) < 4.78 is 31.7. The van der Waals surface area contributed by atoms with Crippen molar-refractivity contribution in [3.05, 3.63) is 24.0 Å². The largest absolute Gasteiger partial charge is 0.464 e. The summed E-state index contributed by atoms with van der Waals surface area (Å²) in [6.45, 7) is 1.18. The molecule has 0 N–H and O–H groups in total. The van der Waals surface area contributed by atoms with E-state index in [4.69, 9.17) is 0 Å². The molecular formula is C16H22N2O4S. The van der Waals surface area contributed by atoms with Crippen LogP contribution in [0.2, 0.25) is 0 Å². The van der Waals surface area contributed by atoms with Gasteiger partial charge in [0.2, 0.25) is 10.0 Å². The van der Waals surface area contributed by atoms with Gasteiger partial charge in [-0.15, -0.1) is 0 Å². The summed E-state index contributed by atoms with van der Waals surface area (Å²) in [6.07, 6.45) is 8.09. The van der Waals surface area contributed by atoms with Gasteiger partial charge in [0.05, 0.1) is 7.11 Å². The molecule has 6 nitrogen and oxygen atoms in total. The number of rotatable bonds is 3. The van der Waals surface area contributed by atoms with Gasteiger partial charge in [0.1, 0.15) is 10.6 Å². The highest BCUT2D eigenvalue weighted by Crippen LogP contribution is 2.44. The molecule has 2 aliphatic rings. The van der Waals surface area contributed by atoms with E-state index in [0.717, 1.165) is 19.3 Å². The summed E-state index contributed by atoms with van der Waals surface area (Å²) in [5, 5.41) is 0. The maximum atomic E-state index is 12.8. The van der Waals surface area contributed by atoms with Gasteiger partial charge in [-0.25, -0.2) is 18.2 Å². The maximum Gasteiger partial charge on any atom is 0.356 e. The Morgan fingerprint density at radius 3 is 2.57 bits per heavy atom. The standard InChI is InChI=1S/C16H22N2O4S/c1-22-15(19)14-6-5-13(11-17-14)23(20,21)18-10-9-16(12-18)7-3-2-4-8-16/h5-6,11H,2-4,7-10,12H2,1H3. The molecule has 0 bridgehead atoms. The summed E-state index contributed by atoms with van der Waals surface area (Å²) in [5.41, 5.74) is 0.279. The zero-order valence-electron chi connectivity index (χ0n) is 13.3. The Balaban J connectivity index is 1.78. The maximum absolute atomic E-state index is 12.8. The number of hydrogen-bond donors (Lipinski definition) is 0. The molecule has 0 atom stereocenters. The number of hydrogen-bond acceptors (Lipinski definition) is 5. The van der Waals surface area contributed by atoms with Crippen molar-refractivity contribution in [2.24, 2.45) is 5.41 Å². The molecular weight excluding hydrogens is 316 g/mol. The Bertz CT molecular complexity index is 679. The third kappa shape index (κ3) is 3.12. The van der Waals surface area contributed by atoms with Crippen LogP contribution in [0.1, 0.15) is 49.0 Å². The monoisotopic (exact) mass is 338 g/mol. The van der Waals surface area contributed by atoms with Crippen LogP contribution in [0.3, 0.4) is 0 Å². The van der Waals surface area contributed by atoms with Crippen LogP contribution in [0.4, 0.5) is 0 Å². The highest BCUT2D eigenvalue weighted by Gasteiger charge is 2.43. The zero-order chi connectivity index (χ0) is 16.5. The van der Waals surface area contributed by atoms with E-state index in [1.807, 2.05) is 0 Å². The van der Waals surface area contributed by atoms with Crippen LogP contribution < -0.4 is 0 Å². The van der Waals surface area contributed by atoms with E-state index in [2.05, 4.69) is 9.72 Å². The predicted octanol–water partition coefficient (Wildman–Crippen LogP) is 2.21. The molecule has 126 valence electrons. The normalized spacial score (nSPS) is 21.4. The number of pyridine rings is 1. The second kappa shape index (κ2) is 6.20. The molecule has 0 unspecified atom stereocenters. The van der Waals surface area contributed by atoms with E-state index in [1.165, 1.54) is 44.7 Å². The number of nitrogens with zero attached hydrogens (tertiary/aromatic N) is 2. The van der Waals surface area contributed by atoms with Gasteiger partial charge in [-0.1, -0.05) is 19.3 Å². The number of esters is 1. The molecule has 1 aromatic heterocycles. The van der Waals surface area contributed by atoms with Crippen LogP contribution >= 0.6 is 0 Å². The van der Waals surface area contributed by atoms with E-state index in [-0.39, 0.29) is 16.0 Å². The fraction of sp³-hybridized carbons (Fsp3) is 0.625. The molecule has 0 aromatic carbocycles. The summed E-state index contributed by atoms with van der Waals surface area (Å²) in [7, 11) is -2.28. The highest BCUT2D eigenvalue weighted by molar-refractivity contribution is 7.89. The molecule has 1 aromatic rings. The molecule has 1 aliphatic carbocycles. The first kappa shape index (κ1) is 16.4. The lowest BCUT2D eigenvalue weighted by Crippen LogP contribution is -2.33. The summed E-state index contributed by atoms with van der Waals surface area (Å²) in [6, 6.07) is 2.83. The topological polar surface area (TPSA) is 76.6 Å². The van der Waals surface area contributed by atoms with E-state index >= 15 is 0 Å². The van der Waals surface area contributed by atoms with Crippen LogP contribution in [0.25, 0.3) is 0 Å². The van der Waals surface area contributed by atoms with Crippen molar-refractivity contribution in [2.45, 2.75) is 43.4 Å². The van der Waals surface area contributed by atoms with Crippen molar-refractivity contribution in [1.82, 2.24) is 9.29 Å². The van der Waals surface area contributed by atoms with Crippen LogP contribution in [0.15, 0.2) is 23.2 Å². The van der Waals surface area contributed by atoms with Crippen LogP contribution in [-0.4, -0.2) is 43.9 Å². The number of carbonyl (C=O) groups excluding carboxylic acids is 1. The molecule has 0 amide bonds. The van der Waals surface area contributed by atoms with E-state index in [1.54, 1.807) is 4.31 Å². The molecule has 2 fully saturated rings. The Morgan fingerprint density at radius 1 is 1.22 bits per heavy atom. The molecule has 1 saturated carbocycles. The van der Waals surface area contributed by atoms with Crippen LogP contribution in [-0.2, 0) is 14.8 Å². The summed E-state index contributed by atoms with van der Waals surface area (Å²) >= 11 is 0. The van der Waals surface area contributed by atoms with Crippen LogP contribution in [0, 0.1) is 5.41 Å². The molecule has 2 heterocycles. The van der Waals surface area contributed by atoms with Gasteiger partial charge in [0.15, 0.2) is 0 Å². The fourth-order valence-corrected chi connectivity index (χ4v) is 5.22. The third-order valence-electron chi connectivity index (χ3n) is 5.09. The second-order valence-electron chi connectivity index (χ2n) is 6.52. The minimum atomic E-state index is -3.54. The average molecular weight is 338 g/mol. The van der Waals surface area contributed by atoms with Gasteiger partial charge >= 0.3 is 5.97 Å². The third-order valence-corrected chi connectivity index (χ3v) is 6.91. The van der Waals surface area contributed by atoms with E-state index < -0.39 is 16.0 Å². The lowest BCUT2D eigenvalue weighted by atomic mass is 9.74. The Hall–Kier alpha value is -1.47. The molecule has 1 aliphatic heterocycles. The van der Waals surface area contributed by atoms with Gasteiger partial charge < -0.3 is 4.74 Å². The fourth-order valence-electron chi connectivity index (χ4n) is 3.72. The first-order valence-corrected chi connectivity index (χ1v) is 9.45. The van der Waals surface area contributed by atoms with Crippen molar-refractivity contribution in [3.63, 3.8) is 0 Å².